The molecule has 4 aromatic rings. The summed E-state index contributed by atoms with van der Waals surface area (Å²) in [5.74, 6) is -0.615. The number of carbonyl (C=O) groups is 1. The van der Waals surface area contributed by atoms with Gasteiger partial charge in [0.15, 0.2) is 0 Å². The van der Waals surface area contributed by atoms with Gasteiger partial charge in [0.05, 0.1) is 17.5 Å². The minimum Gasteiger partial charge on any atom is -0.272 e. The van der Waals surface area contributed by atoms with Crippen LogP contribution < -0.4 is 5.43 Å². The number of nitrogens with zero attached hydrogens (tertiary/aromatic N) is 2. The van der Waals surface area contributed by atoms with Crippen LogP contribution in [-0.4, -0.2) is 22.3 Å². The molecule has 4 rings (SSSR count). The third kappa shape index (κ3) is 4.07. The highest BCUT2D eigenvalue weighted by molar-refractivity contribution is 5.94. The first-order chi connectivity index (χ1) is 14.4. The summed E-state index contributed by atoms with van der Waals surface area (Å²) in [4.78, 5) is 12.3. The summed E-state index contributed by atoms with van der Waals surface area (Å²) in [6.45, 7) is 0. The molecule has 0 unspecified atom stereocenters. The van der Waals surface area contributed by atoms with Crippen molar-refractivity contribution in [1.82, 2.24) is 15.6 Å². The summed E-state index contributed by atoms with van der Waals surface area (Å²) in [7, 11) is 0. The Balaban J connectivity index is 1.49. The Labute approximate surface area is 169 Å². The molecule has 8 heteroatoms. The van der Waals surface area contributed by atoms with Gasteiger partial charge in [-0.15, -0.1) is 0 Å². The zero-order valence-corrected chi connectivity index (χ0v) is 15.4. The molecule has 0 spiro atoms. The van der Waals surface area contributed by atoms with Crippen molar-refractivity contribution in [1.29, 1.82) is 0 Å². The first-order valence-corrected chi connectivity index (χ1v) is 8.96. The monoisotopic (exact) mass is 408 g/mol. The topological polar surface area (TPSA) is 70.1 Å². The van der Waals surface area contributed by atoms with Gasteiger partial charge in [-0.2, -0.15) is 23.4 Å². The Morgan fingerprint density at radius 3 is 2.50 bits per heavy atom. The Hall–Kier alpha value is -3.94. The van der Waals surface area contributed by atoms with Crippen LogP contribution in [0.2, 0.25) is 0 Å². The molecular weight excluding hydrogens is 393 g/mol. The molecule has 0 radical (unpaired) electrons. The number of halogens is 3. The highest BCUT2D eigenvalue weighted by atomic mass is 19.4. The molecule has 0 bridgehead atoms. The smallest absolute Gasteiger partial charge is 0.272 e. The Morgan fingerprint density at radius 2 is 1.70 bits per heavy atom. The van der Waals surface area contributed by atoms with E-state index in [1.54, 1.807) is 6.07 Å². The number of hydrogen-bond donors (Lipinski definition) is 2. The summed E-state index contributed by atoms with van der Waals surface area (Å²) in [5, 5.41) is 12.5. The van der Waals surface area contributed by atoms with Crippen LogP contribution in [0.5, 0.6) is 0 Å². The zero-order valence-electron chi connectivity index (χ0n) is 15.4. The molecule has 0 saturated heterocycles. The maximum absolute atomic E-state index is 13.0. The number of benzene rings is 3. The van der Waals surface area contributed by atoms with Crippen LogP contribution in [0.3, 0.4) is 0 Å². The van der Waals surface area contributed by atoms with Crippen LogP contribution in [0.25, 0.3) is 22.0 Å². The summed E-state index contributed by atoms with van der Waals surface area (Å²) in [5.41, 5.74) is 2.77. The van der Waals surface area contributed by atoms with E-state index in [9.17, 15) is 18.0 Å². The van der Waals surface area contributed by atoms with E-state index in [4.69, 9.17) is 0 Å². The third-order valence-electron chi connectivity index (χ3n) is 4.50. The Kier molecular flexibility index (Phi) is 5.05. The molecule has 30 heavy (non-hydrogen) atoms. The molecule has 150 valence electrons. The average Bonchev–Trinajstić information content (AvgIpc) is 3.23. The fourth-order valence-electron chi connectivity index (χ4n) is 3.02. The number of hydrogen-bond acceptors (Lipinski definition) is 3. The predicted molar refractivity (Wildman–Crippen MR) is 108 cm³/mol. The van der Waals surface area contributed by atoms with Gasteiger partial charge >= 0.3 is 6.18 Å². The molecule has 5 nitrogen and oxygen atoms in total. The van der Waals surface area contributed by atoms with Gasteiger partial charge < -0.3 is 0 Å². The van der Waals surface area contributed by atoms with Crippen molar-refractivity contribution in [3.05, 3.63) is 89.6 Å². The molecule has 0 aliphatic rings. The summed E-state index contributed by atoms with van der Waals surface area (Å²) in [6, 6.07) is 20.2. The molecule has 1 aromatic heterocycles. The van der Waals surface area contributed by atoms with Gasteiger partial charge in [-0.1, -0.05) is 54.6 Å². The van der Waals surface area contributed by atoms with Crippen molar-refractivity contribution in [2.45, 2.75) is 6.18 Å². The van der Waals surface area contributed by atoms with E-state index in [-0.39, 0.29) is 11.3 Å². The van der Waals surface area contributed by atoms with Gasteiger partial charge in [0.1, 0.15) is 5.69 Å². The number of aromatic nitrogens is 2. The third-order valence-corrected chi connectivity index (χ3v) is 4.50. The van der Waals surface area contributed by atoms with E-state index < -0.39 is 17.6 Å². The van der Waals surface area contributed by atoms with E-state index in [0.29, 0.717) is 5.69 Å². The van der Waals surface area contributed by atoms with E-state index >= 15 is 0 Å². The van der Waals surface area contributed by atoms with Crippen LogP contribution in [0.1, 0.15) is 21.6 Å². The predicted octanol–water partition coefficient (Wildman–Crippen LogP) is 5.01. The number of aromatic amines is 1. The second-order valence-electron chi connectivity index (χ2n) is 6.51. The lowest BCUT2D eigenvalue weighted by molar-refractivity contribution is -0.137. The number of alkyl halides is 3. The van der Waals surface area contributed by atoms with Crippen molar-refractivity contribution < 1.29 is 18.0 Å². The fraction of sp³-hybridized carbons (Fsp3) is 0.0455. The van der Waals surface area contributed by atoms with Crippen molar-refractivity contribution >= 4 is 22.9 Å². The fourth-order valence-corrected chi connectivity index (χ4v) is 3.02. The molecular formula is C22H15F3N4O. The molecule has 0 aliphatic heterocycles. The van der Waals surface area contributed by atoms with Gasteiger partial charge in [0.2, 0.25) is 0 Å². The maximum atomic E-state index is 13.0. The number of amides is 1. The van der Waals surface area contributed by atoms with Gasteiger partial charge in [-0.25, -0.2) is 5.43 Å². The average molecular weight is 408 g/mol. The van der Waals surface area contributed by atoms with Crippen molar-refractivity contribution in [2.24, 2.45) is 5.10 Å². The van der Waals surface area contributed by atoms with Crippen LogP contribution in [0.15, 0.2) is 77.9 Å². The van der Waals surface area contributed by atoms with Crippen molar-refractivity contribution in [3.63, 3.8) is 0 Å². The minimum atomic E-state index is -4.51. The Bertz CT molecular complexity index is 1240. The molecule has 0 aliphatic carbocycles. The first kappa shape index (κ1) is 19.4. The normalized spacial score (nSPS) is 11.8. The van der Waals surface area contributed by atoms with Gasteiger partial charge in [-0.05, 0) is 29.0 Å². The summed E-state index contributed by atoms with van der Waals surface area (Å²) in [6.07, 6.45) is -3.55. The van der Waals surface area contributed by atoms with Gasteiger partial charge in [-0.3, -0.25) is 9.89 Å². The number of H-pyrrole nitrogens is 1. The maximum Gasteiger partial charge on any atom is 0.417 e. The van der Waals surface area contributed by atoms with Crippen LogP contribution in [0.4, 0.5) is 13.2 Å². The minimum absolute atomic E-state index is 0.138. The van der Waals surface area contributed by atoms with E-state index in [0.717, 1.165) is 28.6 Å². The number of rotatable bonds is 4. The standard InChI is InChI=1S/C22H15F3N4O/c23-22(24,25)18-8-4-3-7-17(18)13-26-29-21(30)20-12-19(27-28-20)16-10-9-14-5-1-2-6-15(14)11-16/h1-13H,(H,27,28)(H,29,30)/b26-13+. The lowest BCUT2D eigenvalue weighted by atomic mass is 10.1. The summed E-state index contributed by atoms with van der Waals surface area (Å²) >= 11 is 0. The SMILES string of the molecule is O=C(N/N=C/c1ccccc1C(F)(F)F)c1cc(-c2ccc3ccccc3c2)n[nH]1. The number of fused-ring (bicyclic) bond motifs is 1. The van der Waals surface area contributed by atoms with E-state index in [1.807, 2.05) is 42.5 Å². The van der Waals surface area contributed by atoms with Crippen LogP contribution in [0, 0.1) is 0 Å². The lowest BCUT2D eigenvalue weighted by Crippen LogP contribution is -2.18. The first-order valence-electron chi connectivity index (χ1n) is 8.96. The molecule has 1 heterocycles. The largest absolute Gasteiger partial charge is 0.417 e. The molecule has 0 fully saturated rings. The van der Waals surface area contributed by atoms with Crippen molar-refractivity contribution in [2.75, 3.05) is 0 Å². The van der Waals surface area contributed by atoms with Crippen LogP contribution in [-0.2, 0) is 6.18 Å². The zero-order chi connectivity index (χ0) is 21.1. The number of carbonyl (C=O) groups excluding carboxylic acids is 1. The molecule has 2 N–H and O–H groups in total. The molecule has 0 atom stereocenters. The number of hydrazone groups is 1. The van der Waals surface area contributed by atoms with Gasteiger partial charge in [0.25, 0.3) is 5.91 Å². The number of nitrogens with one attached hydrogen (secondary N) is 2. The van der Waals surface area contributed by atoms with E-state index in [2.05, 4.69) is 20.7 Å². The molecule has 3 aromatic carbocycles. The Morgan fingerprint density at radius 1 is 0.967 bits per heavy atom. The summed E-state index contributed by atoms with van der Waals surface area (Å²) < 4.78 is 39.0. The lowest BCUT2D eigenvalue weighted by Gasteiger charge is -2.09. The van der Waals surface area contributed by atoms with Gasteiger partial charge in [0, 0.05) is 11.1 Å². The van der Waals surface area contributed by atoms with E-state index in [1.165, 1.54) is 18.2 Å². The highest BCUT2D eigenvalue weighted by Crippen LogP contribution is 2.31. The van der Waals surface area contributed by atoms with Crippen LogP contribution >= 0.6 is 0 Å². The second-order valence-corrected chi connectivity index (χ2v) is 6.51. The molecule has 0 saturated carbocycles. The quantitative estimate of drug-likeness (QED) is 0.368. The molecule has 1 amide bonds. The second kappa shape index (κ2) is 7.82. The highest BCUT2D eigenvalue weighted by Gasteiger charge is 2.32. The van der Waals surface area contributed by atoms with Crippen molar-refractivity contribution in [3.8, 4) is 11.3 Å².